The monoisotopic (exact) mass is 448 g/mol. The summed E-state index contributed by atoms with van der Waals surface area (Å²) in [5, 5.41) is 41.1. The maximum Gasteiger partial charge on any atom is 0.161 e. The number of hydrogen-bond acceptors (Lipinski definition) is 4. The molecule has 0 saturated heterocycles. The molecule has 176 valence electrons. The summed E-state index contributed by atoms with van der Waals surface area (Å²) in [4.78, 5) is 0. The fourth-order valence-corrected chi connectivity index (χ4v) is 3.40. The van der Waals surface area contributed by atoms with Gasteiger partial charge in [0.1, 0.15) is 11.5 Å². The Morgan fingerprint density at radius 3 is 1.79 bits per heavy atom. The van der Waals surface area contributed by atoms with E-state index >= 15 is 0 Å². The molecule has 4 nitrogen and oxygen atoms in total. The van der Waals surface area contributed by atoms with Gasteiger partial charge in [-0.3, -0.25) is 0 Å². The first-order valence-corrected chi connectivity index (χ1v) is 11.3. The van der Waals surface area contributed by atoms with Crippen LogP contribution in [0.4, 0.5) is 0 Å². The first-order chi connectivity index (χ1) is 15.6. The molecule has 2 aromatic carbocycles. The number of phenolic OH excluding ortho intramolecular Hbond substituents is 4. The summed E-state index contributed by atoms with van der Waals surface area (Å²) in [7, 11) is 0. The van der Waals surface area contributed by atoms with Crippen LogP contribution in [-0.4, -0.2) is 20.4 Å². The SMILES string of the molecule is CC(C)=CCC/C(C)=C\Cc1cc(/C=C/c2cc(O)c(CC=C(C)C)c(O)c2)cc(O)c1O. The third-order valence-corrected chi connectivity index (χ3v) is 5.36. The second-order valence-electron chi connectivity index (χ2n) is 8.98. The highest BCUT2D eigenvalue weighted by atomic mass is 16.3. The zero-order valence-electron chi connectivity index (χ0n) is 20.3. The zero-order valence-corrected chi connectivity index (χ0v) is 20.3. The van der Waals surface area contributed by atoms with Crippen molar-refractivity contribution in [3.05, 3.63) is 81.5 Å². The molecule has 0 aliphatic carbocycles. The molecule has 4 heteroatoms. The summed E-state index contributed by atoms with van der Waals surface area (Å²) in [6, 6.07) is 6.52. The molecule has 0 aliphatic rings. The fourth-order valence-electron chi connectivity index (χ4n) is 3.40. The van der Waals surface area contributed by atoms with Crippen LogP contribution in [0.3, 0.4) is 0 Å². The van der Waals surface area contributed by atoms with Gasteiger partial charge in [0.15, 0.2) is 11.5 Å². The van der Waals surface area contributed by atoms with Crippen LogP contribution in [0.15, 0.2) is 59.2 Å². The van der Waals surface area contributed by atoms with Gasteiger partial charge in [0.05, 0.1) is 0 Å². The Kier molecular flexibility index (Phi) is 9.41. The molecule has 0 bridgehead atoms. The van der Waals surface area contributed by atoms with E-state index in [1.165, 1.54) is 17.2 Å². The standard InChI is InChI=1S/C29H36O4/c1-19(2)7-6-8-21(5)10-13-24-15-22(18-28(32)29(24)33)11-12-23-16-26(30)25(27(31)17-23)14-9-20(3)4/h7,9-12,15-18,30-33H,6,8,13-14H2,1-5H3/b12-11+,21-10-. The molecule has 0 heterocycles. The Bertz CT molecular complexity index is 1070. The van der Waals surface area contributed by atoms with Crippen molar-refractivity contribution in [2.24, 2.45) is 0 Å². The number of allylic oxidation sites excluding steroid dienone is 6. The predicted molar refractivity (Wildman–Crippen MR) is 138 cm³/mol. The van der Waals surface area contributed by atoms with E-state index < -0.39 is 0 Å². The molecular formula is C29H36O4. The Morgan fingerprint density at radius 1 is 0.667 bits per heavy atom. The summed E-state index contributed by atoms with van der Waals surface area (Å²) >= 11 is 0. The average Bonchev–Trinajstić information content (AvgIpc) is 2.72. The Morgan fingerprint density at radius 2 is 1.21 bits per heavy atom. The molecule has 0 aromatic heterocycles. The van der Waals surface area contributed by atoms with E-state index in [0.29, 0.717) is 35.1 Å². The van der Waals surface area contributed by atoms with Crippen molar-refractivity contribution in [2.45, 2.75) is 60.3 Å². The topological polar surface area (TPSA) is 80.9 Å². The van der Waals surface area contributed by atoms with Gasteiger partial charge >= 0.3 is 0 Å². The Balaban J connectivity index is 2.21. The molecule has 0 spiro atoms. The Labute approximate surface area is 197 Å². The lowest BCUT2D eigenvalue weighted by atomic mass is 10.0. The van der Waals surface area contributed by atoms with Crippen molar-refractivity contribution < 1.29 is 20.4 Å². The van der Waals surface area contributed by atoms with Crippen molar-refractivity contribution in [1.29, 1.82) is 0 Å². The largest absolute Gasteiger partial charge is 0.507 e. The molecule has 2 rings (SSSR count). The van der Waals surface area contributed by atoms with E-state index in [0.717, 1.165) is 18.4 Å². The van der Waals surface area contributed by atoms with Crippen LogP contribution in [0, 0.1) is 0 Å². The minimum absolute atomic E-state index is 0.0371. The molecule has 33 heavy (non-hydrogen) atoms. The molecule has 2 aromatic rings. The van der Waals surface area contributed by atoms with Crippen LogP contribution in [-0.2, 0) is 12.8 Å². The minimum atomic E-state index is -0.175. The molecule has 4 N–H and O–H groups in total. The van der Waals surface area contributed by atoms with Gasteiger partial charge in [-0.15, -0.1) is 0 Å². The lowest BCUT2D eigenvalue weighted by Crippen LogP contribution is -1.88. The summed E-state index contributed by atoms with van der Waals surface area (Å²) in [6.45, 7) is 10.2. The fraction of sp³-hybridized carbons (Fsp3) is 0.310. The first-order valence-electron chi connectivity index (χ1n) is 11.3. The van der Waals surface area contributed by atoms with E-state index in [-0.39, 0.29) is 23.0 Å². The van der Waals surface area contributed by atoms with Crippen molar-refractivity contribution in [3.63, 3.8) is 0 Å². The maximum absolute atomic E-state index is 10.3. The molecule has 0 atom stereocenters. The molecule has 0 fully saturated rings. The smallest absolute Gasteiger partial charge is 0.161 e. The number of benzene rings is 2. The van der Waals surface area contributed by atoms with E-state index in [2.05, 4.69) is 32.9 Å². The summed E-state index contributed by atoms with van der Waals surface area (Å²) in [5.74, 6) is -0.213. The van der Waals surface area contributed by atoms with E-state index in [9.17, 15) is 20.4 Å². The van der Waals surface area contributed by atoms with Crippen LogP contribution in [0.25, 0.3) is 12.2 Å². The van der Waals surface area contributed by atoms with Crippen molar-refractivity contribution in [1.82, 2.24) is 0 Å². The first kappa shape index (κ1) is 25.9. The number of rotatable bonds is 9. The van der Waals surface area contributed by atoms with Gasteiger partial charge in [0.2, 0.25) is 0 Å². The highest BCUT2D eigenvalue weighted by Gasteiger charge is 2.09. The summed E-state index contributed by atoms with van der Waals surface area (Å²) in [6.07, 6.45) is 12.7. The van der Waals surface area contributed by atoms with Gasteiger partial charge in [0.25, 0.3) is 0 Å². The van der Waals surface area contributed by atoms with E-state index in [1.807, 2.05) is 26.0 Å². The average molecular weight is 449 g/mol. The lowest BCUT2D eigenvalue weighted by Gasteiger charge is -2.08. The van der Waals surface area contributed by atoms with Gasteiger partial charge in [-0.25, -0.2) is 0 Å². The minimum Gasteiger partial charge on any atom is -0.507 e. The Hall–Kier alpha value is -3.40. The van der Waals surface area contributed by atoms with Crippen LogP contribution in [0.2, 0.25) is 0 Å². The van der Waals surface area contributed by atoms with Crippen molar-refractivity contribution in [2.75, 3.05) is 0 Å². The van der Waals surface area contributed by atoms with Gasteiger partial charge in [-0.2, -0.15) is 0 Å². The quantitative estimate of drug-likeness (QED) is 0.183. The molecule has 0 aliphatic heterocycles. The molecule has 0 saturated carbocycles. The molecule has 0 unspecified atom stereocenters. The molecular weight excluding hydrogens is 412 g/mol. The second kappa shape index (κ2) is 12.0. The van der Waals surface area contributed by atoms with E-state index in [4.69, 9.17) is 0 Å². The van der Waals surface area contributed by atoms with Crippen LogP contribution in [0.5, 0.6) is 23.0 Å². The number of hydrogen-bond donors (Lipinski definition) is 4. The maximum atomic E-state index is 10.3. The number of aromatic hydroxyl groups is 4. The zero-order chi connectivity index (χ0) is 24.5. The predicted octanol–water partition coefficient (Wildman–Crippen LogP) is 7.42. The van der Waals surface area contributed by atoms with Gasteiger partial charge < -0.3 is 20.4 Å². The van der Waals surface area contributed by atoms with Gasteiger partial charge in [0, 0.05) is 11.1 Å². The highest BCUT2D eigenvalue weighted by Crippen LogP contribution is 2.33. The summed E-state index contributed by atoms with van der Waals surface area (Å²) in [5.41, 5.74) is 6.11. The highest BCUT2D eigenvalue weighted by molar-refractivity contribution is 5.73. The van der Waals surface area contributed by atoms with Crippen LogP contribution >= 0.6 is 0 Å². The second-order valence-corrected chi connectivity index (χ2v) is 8.98. The molecule has 0 amide bonds. The lowest BCUT2D eigenvalue weighted by molar-refractivity contribution is 0.400. The van der Waals surface area contributed by atoms with Crippen LogP contribution in [0.1, 0.15) is 69.7 Å². The third-order valence-electron chi connectivity index (χ3n) is 5.36. The van der Waals surface area contributed by atoms with Gasteiger partial charge in [-0.1, -0.05) is 47.1 Å². The number of phenols is 4. The third kappa shape index (κ3) is 8.23. The normalized spacial score (nSPS) is 11.6. The molecule has 0 radical (unpaired) electrons. The van der Waals surface area contributed by atoms with Crippen molar-refractivity contribution in [3.8, 4) is 23.0 Å². The summed E-state index contributed by atoms with van der Waals surface area (Å²) < 4.78 is 0. The van der Waals surface area contributed by atoms with E-state index in [1.54, 1.807) is 24.3 Å². The van der Waals surface area contributed by atoms with Crippen LogP contribution < -0.4 is 0 Å². The van der Waals surface area contributed by atoms with Gasteiger partial charge in [-0.05, 0) is 95.7 Å². The van der Waals surface area contributed by atoms with Crippen molar-refractivity contribution >= 4 is 12.2 Å².